The molecule has 2 heterocycles. The number of aromatic nitrogens is 2. The molecule has 3 aromatic rings. The summed E-state index contributed by atoms with van der Waals surface area (Å²) < 4.78 is 7.35. The van der Waals surface area contributed by atoms with Gasteiger partial charge in [-0.3, -0.25) is 0 Å². The predicted octanol–water partition coefficient (Wildman–Crippen LogP) is 4.52. The van der Waals surface area contributed by atoms with Crippen molar-refractivity contribution in [3.63, 3.8) is 0 Å². The molecule has 2 aromatic heterocycles. The summed E-state index contributed by atoms with van der Waals surface area (Å²) >= 11 is 1.61. The second kappa shape index (κ2) is 5.85. The van der Waals surface area contributed by atoms with Crippen LogP contribution >= 0.6 is 11.3 Å². The Labute approximate surface area is 134 Å². The molecule has 0 radical (unpaired) electrons. The highest BCUT2D eigenvalue weighted by Gasteiger charge is 2.11. The van der Waals surface area contributed by atoms with E-state index in [2.05, 4.69) is 42.2 Å². The first-order valence-electron chi connectivity index (χ1n) is 7.08. The zero-order valence-corrected chi connectivity index (χ0v) is 14.0. The topological polar surface area (TPSA) is 39.1 Å². The van der Waals surface area contributed by atoms with E-state index < -0.39 is 0 Å². The van der Waals surface area contributed by atoms with Gasteiger partial charge in [0.15, 0.2) is 5.13 Å². The minimum atomic E-state index is 0.848. The highest BCUT2D eigenvalue weighted by molar-refractivity contribution is 7.14. The maximum absolute atomic E-state index is 5.16. The summed E-state index contributed by atoms with van der Waals surface area (Å²) in [6.07, 6.45) is 0. The molecule has 0 fully saturated rings. The number of nitrogens with one attached hydrogen (secondary N) is 1. The Hall–Kier alpha value is -2.27. The Morgan fingerprint density at radius 3 is 2.50 bits per heavy atom. The summed E-state index contributed by atoms with van der Waals surface area (Å²) in [6, 6.07) is 10.0. The summed E-state index contributed by atoms with van der Waals surface area (Å²) in [5, 5.41) is 6.31. The smallest absolute Gasteiger partial charge is 0.187 e. The van der Waals surface area contributed by atoms with Crippen LogP contribution in [0.4, 0.5) is 10.8 Å². The number of aryl methyl sites for hydroxylation is 1. The number of methoxy groups -OCH3 is 1. The number of ether oxygens (including phenoxy) is 1. The van der Waals surface area contributed by atoms with Gasteiger partial charge in [0.25, 0.3) is 0 Å². The lowest BCUT2D eigenvalue weighted by Gasteiger charge is -2.04. The van der Waals surface area contributed by atoms with Crippen molar-refractivity contribution in [2.75, 3.05) is 12.4 Å². The second-order valence-corrected chi connectivity index (χ2v) is 6.09. The van der Waals surface area contributed by atoms with Crippen molar-refractivity contribution in [1.82, 2.24) is 9.55 Å². The van der Waals surface area contributed by atoms with Crippen molar-refractivity contribution < 1.29 is 4.74 Å². The fourth-order valence-corrected chi connectivity index (χ4v) is 3.10. The Morgan fingerprint density at radius 1 is 1.18 bits per heavy atom. The van der Waals surface area contributed by atoms with Crippen LogP contribution in [-0.2, 0) is 7.05 Å². The van der Waals surface area contributed by atoms with Gasteiger partial charge in [-0.25, -0.2) is 4.98 Å². The van der Waals surface area contributed by atoms with Crippen LogP contribution in [0.1, 0.15) is 11.4 Å². The maximum Gasteiger partial charge on any atom is 0.187 e. The molecule has 22 heavy (non-hydrogen) atoms. The van der Waals surface area contributed by atoms with E-state index >= 15 is 0 Å². The van der Waals surface area contributed by atoms with Gasteiger partial charge in [0.05, 0.1) is 12.8 Å². The number of hydrogen-bond donors (Lipinski definition) is 1. The van der Waals surface area contributed by atoms with Gasteiger partial charge in [-0.2, -0.15) is 0 Å². The van der Waals surface area contributed by atoms with Crippen LogP contribution in [-0.4, -0.2) is 16.7 Å². The van der Waals surface area contributed by atoms with Gasteiger partial charge in [-0.1, -0.05) is 0 Å². The molecule has 0 bridgehead atoms. The number of anilines is 2. The molecule has 0 saturated carbocycles. The van der Waals surface area contributed by atoms with Gasteiger partial charge >= 0.3 is 0 Å². The second-order valence-electron chi connectivity index (χ2n) is 5.24. The summed E-state index contributed by atoms with van der Waals surface area (Å²) in [7, 11) is 3.75. The average molecular weight is 313 g/mol. The Kier molecular flexibility index (Phi) is 3.90. The zero-order valence-electron chi connectivity index (χ0n) is 13.2. The number of nitrogens with zero attached hydrogens (tertiary/aromatic N) is 2. The molecule has 5 heteroatoms. The zero-order chi connectivity index (χ0) is 15.7. The van der Waals surface area contributed by atoms with Crippen molar-refractivity contribution >= 4 is 22.2 Å². The molecule has 0 atom stereocenters. The molecule has 0 unspecified atom stereocenters. The third kappa shape index (κ3) is 2.72. The van der Waals surface area contributed by atoms with E-state index in [1.165, 1.54) is 17.0 Å². The van der Waals surface area contributed by atoms with Gasteiger partial charge in [0, 0.05) is 35.1 Å². The first-order chi connectivity index (χ1) is 10.6. The largest absolute Gasteiger partial charge is 0.497 e. The summed E-state index contributed by atoms with van der Waals surface area (Å²) in [4.78, 5) is 4.70. The van der Waals surface area contributed by atoms with E-state index in [1.807, 2.05) is 24.3 Å². The average Bonchev–Trinajstić information content (AvgIpc) is 3.08. The number of benzene rings is 1. The van der Waals surface area contributed by atoms with Crippen molar-refractivity contribution in [3.05, 3.63) is 47.1 Å². The number of rotatable bonds is 4. The molecule has 0 aliphatic heterocycles. The first kappa shape index (κ1) is 14.7. The molecule has 0 aliphatic carbocycles. The molecular formula is C17H19N3OS. The van der Waals surface area contributed by atoms with Crippen LogP contribution in [0.25, 0.3) is 11.3 Å². The predicted molar refractivity (Wildman–Crippen MR) is 92.3 cm³/mol. The molecule has 0 saturated heterocycles. The molecule has 114 valence electrons. The van der Waals surface area contributed by atoms with Crippen molar-refractivity contribution in [3.8, 4) is 17.0 Å². The highest BCUT2D eigenvalue weighted by atomic mass is 32.1. The summed E-state index contributed by atoms with van der Waals surface area (Å²) in [5.41, 5.74) is 5.69. The number of thiazole rings is 1. The lowest BCUT2D eigenvalue weighted by molar-refractivity contribution is 0.415. The molecular weight excluding hydrogens is 294 g/mol. The van der Waals surface area contributed by atoms with Crippen LogP contribution in [0.3, 0.4) is 0 Å². The summed E-state index contributed by atoms with van der Waals surface area (Å²) in [5.74, 6) is 0.848. The monoisotopic (exact) mass is 313 g/mol. The van der Waals surface area contributed by atoms with Crippen LogP contribution in [0.15, 0.2) is 35.7 Å². The van der Waals surface area contributed by atoms with Crippen LogP contribution in [0, 0.1) is 13.8 Å². The van der Waals surface area contributed by atoms with Crippen molar-refractivity contribution in [1.29, 1.82) is 0 Å². The standard InChI is InChI=1S/C17H19N3OS/c1-11-9-15(12(2)20(11)3)16-10-22-17(19-16)18-13-5-7-14(21-4)8-6-13/h5-10H,1-4H3,(H,18,19). The fourth-order valence-electron chi connectivity index (χ4n) is 2.37. The third-order valence-electron chi connectivity index (χ3n) is 3.90. The molecule has 1 N–H and O–H groups in total. The van der Waals surface area contributed by atoms with Gasteiger partial charge in [-0.15, -0.1) is 11.3 Å². The van der Waals surface area contributed by atoms with E-state index in [9.17, 15) is 0 Å². The molecule has 0 amide bonds. The lowest BCUT2D eigenvalue weighted by atomic mass is 10.2. The van der Waals surface area contributed by atoms with Gasteiger partial charge in [0.1, 0.15) is 5.75 Å². The molecule has 1 aromatic carbocycles. The lowest BCUT2D eigenvalue weighted by Crippen LogP contribution is -1.93. The van der Waals surface area contributed by atoms with Crippen LogP contribution in [0.2, 0.25) is 0 Å². The quantitative estimate of drug-likeness (QED) is 0.770. The fraction of sp³-hybridized carbons (Fsp3) is 0.235. The van der Waals surface area contributed by atoms with E-state index in [0.717, 1.165) is 22.3 Å². The third-order valence-corrected chi connectivity index (χ3v) is 4.65. The first-order valence-corrected chi connectivity index (χ1v) is 7.96. The highest BCUT2D eigenvalue weighted by Crippen LogP contribution is 2.30. The van der Waals surface area contributed by atoms with E-state index in [1.54, 1.807) is 18.4 Å². The normalized spacial score (nSPS) is 10.7. The molecule has 3 rings (SSSR count). The minimum Gasteiger partial charge on any atom is -0.497 e. The van der Waals surface area contributed by atoms with E-state index in [-0.39, 0.29) is 0 Å². The van der Waals surface area contributed by atoms with Crippen LogP contribution in [0.5, 0.6) is 5.75 Å². The SMILES string of the molecule is COc1ccc(Nc2nc(-c3cc(C)n(C)c3C)cs2)cc1. The molecule has 0 aliphatic rings. The summed E-state index contributed by atoms with van der Waals surface area (Å²) in [6.45, 7) is 4.23. The van der Waals surface area contributed by atoms with Crippen molar-refractivity contribution in [2.24, 2.45) is 7.05 Å². The van der Waals surface area contributed by atoms with Gasteiger partial charge in [0.2, 0.25) is 0 Å². The minimum absolute atomic E-state index is 0.848. The molecule has 0 spiro atoms. The maximum atomic E-state index is 5.16. The Balaban J connectivity index is 1.82. The molecule has 4 nitrogen and oxygen atoms in total. The van der Waals surface area contributed by atoms with Gasteiger partial charge < -0.3 is 14.6 Å². The van der Waals surface area contributed by atoms with E-state index in [4.69, 9.17) is 9.72 Å². The van der Waals surface area contributed by atoms with Crippen LogP contribution < -0.4 is 10.1 Å². The van der Waals surface area contributed by atoms with E-state index in [0.29, 0.717) is 0 Å². The van der Waals surface area contributed by atoms with Gasteiger partial charge in [-0.05, 0) is 44.2 Å². The number of hydrogen-bond acceptors (Lipinski definition) is 4. The Morgan fingerprint density at radius 2 is 1.91 bits per heavy atom. The Bertz CT molecular complexity index is 787. The van der Waals surface area contributed by atoms with Crippen molar-refractivity contribution in [2.45, 2.75) is 13.8 Å².